The van der Waals surface area contributed by atoms with Gasteiger partial charge in [-0.05, 0) is 31.0 Å². The van der Waals surface area contributed by atoms with Gasteiger partial charge in [-0.25, -0.2) is 8.42 Å². The summed E-state index contributed by atoms with van der Waals surface area (Å²) in [7, 11) is -3.31. The number of halogens is 1. The van der Waals surface area contributed by atoms with Crippen LogP contribution in [-0.4, -0.2) is 32.0 Å². The molecule has 1 saturated carbocycles. The number of hydrogen-bond acceptors (Lipinski definition) is 3. The molecule has 0 atom stereocenters. The molecular weight excluding hydrogens is 298 g/mol. The summed E-state index contributed by atoms with van der Waals surface area (Å²) in [5, 5.41) is 2.97. The SMILES string of the molecule is CS(=O)(=O)c1cccc(C(=O)NC2(CCl)CCCC2)c1. The summed E-state index contributed by atoms with van der Waals surface area (Å²) in [6.45, 7) is 0. The maximum absolute atomic E-state index is 12.3. The van der Waals surface area contributed by atoms with Crippen molar-refractivity contribution in [1.29, 1.82) is 0 Å². The lowest BCUT2D eigenvalue weighted by atomic mass is 9.99. The van der Waals surface area contributed by atoms with Gasteiger partial charge in [0.2, 0.25) is 0 Å². The fourth-order valence-electron chi connectivity index (χ4n) is 2.52. The highest BCUT2D eigenvalue weighted by Gasteiger charge is 2.34. The number of amides is 1. The van der Waals surface area contributed by atoms with Crippen molar-refractivity contribution in [3.63, 3.8) is 0 Å². The van der Waals surface area contributed by atoms with Gasteiger partial charge in [0.1, 0.15) is 0 Å². The summed E-state index contributed by atoms with van der Waals surface area (Å²) in [6.07, 6.45) is 4.97. The smallest absolute Gasteiger partial charge is 0.251 e. The Balaban J connectivity index is 2.21. The third-order valence-electron chi connectivity index (χ3n) is 3.72. The van der Waals surface area contributed by atoms with Gasteiger partial charge in [0, 0.05) is 17.7 Å². The first-order chi connectivity index (χ1) is 9.36. The van der Waals surface area contributed by atoms with Gasteiger partial charge in [-0.3, -0.25) is 4.79 Å². The molecule has 1 aromatic rings. The van der Waals surface area contributed by atoms with E-state index in [-0.39, 0.29) is 16.3 Å². The summed E-state index contributed by atoms with van der Waals surface area (Å²) in [4.78, 5) is 12.4. The molecule has 1 N–H and O–H groups in total. The van der Waals surface area contributed by atoms with Crippen molar-refractivity contribution in [2.75, 3.05) is 12.1 Å². The molecule has 20 heavy (non-hydrogen) atoms. The summed E-state index contributed by atoms with van der Waals surface area (Å²) < 4.78 is 23.0. The van der Waals surface area contributed by atoms with Crippen LogP contribution in [0.5, 0.6) is 0 Å². The van der Waals surface area contributed by atoms with Gasteiger partial charge in [0.25, 0.3) is 5.91 Å². The normalized spacial score (nSPS) is 17.9. The molecule has 4 nitrogen and oxygen atoms in total. The largest absolute Gasteiger partial charge is 0.345 e. The Morgan fingerprint density at radius 1 is 1.35 bits per heavy atom. The molecule has 0 spiro atoms. The second-order valence-corrected chi connectivity index (χ2v) is 7.66. The number of sulfone groups is 1. The number of alkyl halides is 1. The third-order valence-corrected chi connectivity index (χ3v) is 5.34. The lowest BCUT2D eigenvalue weighted by Gasteiger charge is -2.27. The Kier molecular flexibility index (Phi) is 4.39. The van der Waals surface area contributed by atoms with Crippen LogP contribution < -0.4 is 5.32 Å². The van der Waals surface area contributed by atoms with Gasteiger partial charge < -0.3 is 5.32 Å². The Morgan fingerprint density at radius 2 is 2.00 bits per heavy atom. The quantitative estimate of drug-likeness (QED) is 0.868. The molecule has 0 bridgehead atoms. The lowest BCUT2D eigenvalue weighted by Crippen LogP contribution is -2.47. The first-order valence-electron chi connectivity index (χ1n) is 6.55. The minimum atomic E-state index is -3.31. The predicted molar refractivity (Wildman–Crippen MR) is 78.9 cm³/mol. The second kappa shape index (κ2) is 5.74. The topological polar surface area (TPSA) is 63.2 Å². The van der Waals surface area contributed by atoms with Crippen molar-refractivity contribution in [3.05, 3.63) is 29.8 Å². The van der Waals surface area contributed by atoms with Crippen LogP contribution in [0.25, 0.3) is 0 Å². The molecular formula is C14H18ClNO3S. The maximum atomic E-state index is 12.3. The molecule has 0 saturated heterocycles. The summed E-state index contributed by atoms with van der Waals surface area (Å²) in [5.74, 6) is 0.114. The van der Waals surface area contributed by atoms with Crippen molar-refractivity contribution < 1.29 is 13.2 Å². The molecule has 6 heteroatoms. The highest BCUT2D eigenvalue weighted by molar-refractivity contribution is 7.90. The minimum absolute atomic E-state index is 0.150. The zero-order valence-corrected chi connectivity index (χ0v) is 12.9. The van der Waals surface area contributed by atoms with Crippen molar-refractivity contribution in [2.24, 2.45) is 0 Å². The third kappa shape index (κ3) is 3.33. The lowest BCUT2D eigenvalue weighted by molar-refractivity contribution is 0.0909. The first-order valence-corrected chi connectivity index (χ1v) is 8.98. The van der Waals surface area contributed by atoms with Gasteiger partial charge >= 0.3 is 0 Å². The highest BCUT2D eigenvalue weighted by atomic mass is 35.5. The van der Waals surface area contributed by atoms with E-state index in [1.807, 2.05) is 0 Å². The van der Waals surface area contributed by atoms with Crippen molar-refractivity contribution in [3.8, 4) is 0 Å². The molecule has 1 aromatic carbocycles. The zero-order valence-electron chi connectivity index (χ0n) is 11.4. The van der Waals surface area contributed by atoms with Gasteiger partial charge in [0.05, 0.1) is 10.4 Å². The van der Waals surface area contributed by atoms with E-state index in [4.69, 9.17) is 11.6 Å². The van der Waals surface area contributed by atoms with Crippen LogP contribution in [0, 0.1) is 0 Å². The fraction of sp³-hybridized carbons (Fsp3) is 0.500. The number of nitrogens with one attached hydrogen (secondary N) is 1. The van der Waals surface area contributed by atoms with Gasteiger partial charge in [-0.2, -0.15) is 0 Å². The van der Waals surface area contributed by atoms with E-state index < -0.39 is 9.84 Å². The molecule has 110 valence electrons. The van der Waals surface area contributed by atoms with Gasteiger partial charge in [0.15, 0.2) is 9.84 Å². The van der Waals surface area contributed by atoms with Crippen LogP contribution in [0.1, 0.15) is 36.0 Å². The molecule has 0 radical (unpaired) electrons. The number of carbonyl (C=O) groups excluding carboxylic acids is 1. The second-order valence-electron chi connectivity index (χ2n) is 5.38. The molecule has 0 aromatic heterocycles. The Bertz CT molecular complexity index is 607. The van der Waals surface area contributed by atoms with Crippen LogP contribution >= 0.6 is 11.6 Å². The molecule has 2 rings (SSSR count). The zero-order chi connectivity index (χ0) is 14.8. The molecule has 1 aliphatic rings. The molecule has 1 aliphatic carbocycles. The predicted octanol–water partition coefficient (Wildman–Crippen LogP) is 2.37. The Labute approximate surface area is 124 Å². The molecule has 1 fully saturated rings. The van der Waals surface area contributed by atoms with E-state index in [1.165, 1.54) is 12.1 Å². The minimum Gasteiger partial charge on any atom is -0.345 e. The molecule has 0 aliphatic heterocycles. The average molecular weight is 316 g/mol. The molecule has 0 unspecified atom stereocenters. The fourth-order valence-corrected chi connectivity index (χ4v) is 3.53. The number of rotatable bonds is 4. The summed E-state index contributed by atoms with van der Waals surface area (Å²) in [6, 6.07) is 6.08. The standard InChI is InChI=1S/C14H18ClNO3S/c1-20(18,19)12-6-4-5-11(9-12)13(17)16-14(10-15)7-2-3-8-14/h4-6,9H,2-3,7-8,10H2,1H3,(H,16,17). The van der Waals surface area contributed by atoms with Crippen molar-refractivity contribution in [2.45, 2.75) is 36.1 Å². The van der Waals surface area contributed by atoms with Crippen molar-refractivity contribution >= 4 is 27.3 Å². The molecule has 0 heterocycles. The monoisotopic (exact) mass is 315 g/mol. The Hall–Kier alpha value is -1.07. The van der Waals surface area contributed by atoms with E-state index in [0.29, 0.717) is 11.4 Å². The van der Waals surface area contributed by atoms with E-state index in [0.717, 1.165) is 31.9 Å². The van der Waals surface area contributed by atoms with Crippen LogP contribution in [0.15, 0.2) is 29.2 Å². The Morgan fingerprint density at radius 3 is 2.55 bits per heavy atom. The van der Waals surface area contributed by atoms with E-state index in [1.54, 1.807) is 12.1 Å². The van der Waals surface area contributed by atoms with Gasteiger partial charge in [-0.15, -0.1) is 11.6 Å². The number of hydrogen-bond donors (Lipinski definition) is 1. The first kappa shape index (κ1) is 15.3. The van der Waals surface area contributed by atoms with E-state index in [2.05, 4.69) is 5.32 Å². The highest BCUT2D eigenvalue weighted by Crippen LogP contribution is 2.31. The van der Waals surface area contributed by atoms with Crippen LogP contribution in [0.3, 0.4) is 0 Å². The van der Waals surface area contributed by atoms with E-state index >= 15 is 0 Å². The number of benzene rings is 1. The van der Waals surface area contributed by atoms with Crippen LogP contribution in [-0.2, 0) is 9.84 Å². The van der Waals surface area contributed by atoms with Crippen LogP contribution in [0.4, 0.5) is 0 Å². The maximum Gasteiger partial charge on any atom is 0.251 e. The van der Waals surface area contributed by atoms with E-state index in [9.17, 15) is 13.2 Å². The van der Waals surface area contributed by atoms with Crippen LogP contribution in [0.2, 0.25) is 0 Å². The number of carbonyl (C=O) groups is 1. The molecule has 1 amide bonds. The van der Waals surface area contributed by atoms with Crippen molar-refractivity contribution in [1.82, 2.24) is 5.32 Å². The summed E-state index contributed by atoms with van der Waals surface area (Å²) in [5.41, 5.74) is 0.00373. The summed E-state index contributed by atoms with van der Waals surface area (Å²) >= 11 is 5.99. The average Bonchev–Trinajstić information content (AvgIpc) is 2.87. The van der Waals surface area contributed by atoms with Gasteiger partial charge in [-0.1, -0.05) is 18.9 Å².